The Morgan fingerprint density at radius 1 is 1.04 bits per heavy atom. The van der Waals surface area contributed by atoms with Crippen LogP contribution in [0.1, 0.15) is 22.0 Å². The van der Waals surface area contributed by atoms with Gasteiger partial charge in [-0.15, -0.1) is 0 Å². The van der Waals surface area contributed by atoms with E-state index in [4.69, 9.17) is 0 Å². The van der Waals surface area contributed by atoms with Crippen LogP contribution in [0.4, 0.5) is 0 Å². The van der Waals surface area contributed by atoms with Gasteiger partial charge in [0.05, 0.1) is 6.04 Å². The second-order valence-electron chi connectivity index (χ2n) is 6.17. The predicted octanol–water partition coefficient (Wildman–Crippen LogP) is 2.55. The molecule has 0 aromatic heterocycles. The maximum atomic E-state index is 13.0. The van der Waals surface area contributed by atoms with Crippen LogP contribution in [0.3, 0.4) is 0 Å². The Bertz CT molecular complexity index is 731. The van der Waals surface area contributed by atoms with Gasteiger partial charge < -0.3 is 9.80 Å². The Morgan fingerprint density at radius 2 is 1.71 bits per heavy atom. The Balaban J connectivity index is 1.87. The third-order valence-corrected chi connectivity index (χ3v) is 5.40. The van der Waals surface area contributed by atoms with Crippen molar-refractivity contribution in [2.75, 3.05) is 32.9 Å². The topological polar surface area (TPSA) is 40.6 Å². The summed E-state index contributed by atoms with van der Waals surface area (Å²) < 4.78 is 11.5. The van der Waals surface area contributed by atoms with E-state index in [1.807, 2.05) is 23.1 Å². The van der Waals surface area contributed by atoms with Gasteiger partial charge in [0.1, 0.15) is 0 Å². The van der Waals surface area contributed by atoms with E-state index in [1.54, 1.807) is 30.5 Å². The first-order chi connectivity index (χ1) is 11.6. The molecule has 0 aliphatic carbocycles. The van der Waals surface area contributed by atoms with E-state index in [1.165, 1.54) is 0 Å². The molecule has 1 saturated heterocycles. The van der Waals surface area contributed by atoms with Crippen LogP contribution in [0.15, 0.2) is 59.5 Å². The highest BCUT2D eigenvalue weighted by atomic mass is 32.2. The number of piperazine rings is 1. The van der Waals surface area contributed by atoms with Crippen molar-refractivity contribution in [1.82, 2.24) is 9.80 Å². The molecule has 3 rings (SSSR count). The lowest BCUT2D eigenvalue weighted by Crippen LogP contribution is -2.49. The van der Waals surface area contributed by atoms with Crippen molar-refractivity contribution >= 4 is 16.7 Å². The lowest BCUT2D eigenvalue weighted by Gasteiger charge is -2.40. The van der Waals surface area contributed by atoms with Crippen molar-refractivity contribution in [1.29, 1.82) is 0 Å². The minimum Gasteiger partial charge on any atom is -0.329 e. The second kappa shape index (κ2) is 7.28. The van der Waals surface area contributed by atoms with Gasteiger partial charge in [0.15, 0.2) is 0 Å². The third-order valence-electron chi connectivity index (χ3n) is 4.46. The number of carbonyl (C=O) groups is 1. The van der Waals surface area contributed by atoms with Gasteiger partial charge in [-0.1, -0.05) is 30.3 Å². The number of hydrogen-bond acceptors (Lipinski definition) is 3. The van der Waals surface area contributed by atoms with Gasteiger partial charge in [0.25, 0.3) is 5.91 Å². The Labute approximate surface area is 145 Å². The summed E-state index contributed by atoms with van der Waals surface area (Å²) in [5.41, 5.74) is 1.80. The maximum Gasteiger partial charge on any atom is 0.254 e. The monoisotopic (exact) mass is 342 g/mol. The van der Waals surface area contributed by atoms with Gasteiger partial charge in [-0.05, 0) is 36.9 Å². The van der Waals surface area contributed by atoms with Gasteiger partial charge in [0.2, 0.25) is 0 Å². The molecule has 1 heterocycles. The van der Waals surface area contributed by atoms with Gasteiger partial charge >= 0.3 is 0 Å². The van der Waals surface area contributed by atoms with E-state index < -0.39 is 10.8 Å². The number of nitrogens with zero attached hydrogens (tertiary/aromatic N) is 2. The molecule has 4 nitrogen and oxygen atoms in total. The summed E-state index contributed by atoms with van der Waals surface area (Å²) in [5, 5.41) is 0. The Kier molecular flexibility index (Phi) is 5.11. The maximum absolute atomic E-state index is 13.0. The minimum absolute atomic E-state index is 0.0328. The molecule has 0 saturated carbocycles. The van der Waals surface area contributed by atoms with E-state index in [9.17, 15) is 9.00 Å². The van der Waals surface area contributed by atoms with Crippen LogP contribution in [-0.2, 0) is 10.8 Å². The first kappa shape index (κ1) is 16.9. The zero-order chi connectivity index (χ0) is 17.1. The minimum atomic E-state index is -1.03. The fourth-order valence-electron chi connectivity index (χ4n) is 3.08. The van der Waals surface area contributed by atoms with Crippen LogP contribution >= 0.6 is 0 Å². The average Bonchev–Trinajstić information content (AvgIpc) is 2.62. The van der Waals surface area contributed by atoms with Gasteiger partial charge in [-0.3, -0.25) is 9.00 Å². The van der Waals surface area contributed by atoms with E-state index in [2.05, 4.69) is 24.1 Å². The summed E-state index contributed by atoms with van der Waals surface area (Å²) >= 11 is 0. The SMILES string of the molecule is CN1CCN(C(=O)c2ccc([S@@](C)=O)cc2)[C@@H](c2ccccc2)C1. The highest BCUT2D eigenvalue weighted by Gasteiger charge is 2.30. The first-order valence-corrected chi connectivity index (χ1v) is 9.60. The molecule has 2 atom stereocenters. The van der Waals surface area contributed by atoms with E-state index in [-0.39, 0.29) is 11.9 Å². The Hall–Kier alpha value is -1.98. The van der Waals surface area contributed by atoms with Gasteiger partial charge in [-0.2, -0.15) is 0 Å². The summed E-state index contributed by atoms with van der Waals surface area (Å²) in [5.74, 6) is 0.0328. The van der Waals surface area contributed by atoms with Crippen LogP contribution in [0.5, 0.6) is 0 Å². The molecule has 2 aromatic carbocycles. The number of carbonyl (C=O) groups excluding carboxylic acids is 1. The van der Waals surface area contributed by atoms with Gasteiger partial charge in [-0.25, -0.2) is 0 Å². The standard InChI is InChI=1S/C19H22N2O2S/c1-20-12-13-21(18(14-20)15-6-4-3-5-7-15)19(22)16-8-10-17(11-9-16)24(2)23/h3-11,18H,12-14H2,1-2H3/t18-,24-/m1/s1. The van der Waals surface area contributed by atoms with Crippen molar-refractivity contribution in [2.24, 2.45) is 0 Å². The molecule has 126 valence electrons. The number of rotatable bonds is 3. The molecule has 2 aromatic rings. The molecule has 1 fully saturated rings. The summed E-state index contributed by atoms with van der Waals surface area (Å²) in [7, 11) is 1.06. The van der Waals surface area contributed by atoms with Crippen molar-refractivity contribution in [3.63, 3.8) is 0 Å². The number of hydrogen-bond donors (Lipinski definition) is 0. The highest BCUT2D eigenvalue weighted by Crippen LogP contribution is 2.26. The molecule has 0 bridgehead atoms. The molecule has 0 radical (unpaired) electrons. The molecular weight excluding hydrogens is 320 g/mol. The smallest absolute Gasteiger partial charge is 0.254 e. The number of amides is 1. The quantitative estimate of drug-likeness (QED) is 0.861. The summed E-state index contributed by atoms with van der Waals surface area (Å²) in [4.78, 5) is 17.9. The normalized spacial score (nSPS) is 19.9. The highest BCUT2D eigenvalue weighted by molar-refractivity contribution is 7.84. The summed E-state index contributed by atoms with van der Waals surface area (Å²) in [6, 6.07) is 17.3. The van der Waals surface area contributed by atoms with Gasteiger partial charge in [0, 0.05) is 47.1 Å². The Morgan fingerprint density at radius 3 is 2.33 bits per heavy atom. The van der Waals surface area contributed by atoms with Crippen molar-refractivity contribution in [2.45, 2.75) is 10.9 Å². The lowest BCUT2D eigenvalue weighted by molar-refractivity contribution is 0.0498. The fraction of sp³-hybridized carbons (Fsp3) is 0.316. The van der Waals surface area contributed by atoms with E-state index in [0.29, 0.717) is 12.1 Å². The largest absolute Gasteiger partial charge is 0.329 e. The summed E-state index contributed by atoms with van der Waals surface area (Å²) in [6.45, 7) is 2.40. The second-order valence-corrected chi connectivity index (χ2v) is 7.55. The number of likely N-dealkylation sites (N-methyl/N-ethyl adjacent to an activating group) is 1. The fourth-order valence-corrected chi connectivity index (χ4v) is 3.60. The van der Waals surface area contributed by atoms with E-state index >= 15 is 0 Å². The van der Waals surface area contributed by atoms with Crippen molar-refractivity contribution < 1.29 is 9.00 Å². The average molecular weight is 342 g/mol. The zero-order valence-electron chi connectivity index (χ0n) is 14.0. The third kappa shape index (κ3) is 3.57. The van der Waals surface area contributed by atoms with Crippen LogP contribution in [0.2, 0.25) is 0 Å². The van der Waals surface area contributed by atoms with Crippen molar-refractivity contribution in [3.8, 4) is 0 Å². The molecule has 1 aliphatic heterocycles. The van der Waals surface area contributed by atoms with Crippen LogP contribution in [0.25, 0.3) is 0 Å². The lowest BCUT2D eigenvalue weighted by atomic mass is 10.0. The zero-order valence-corrected chi connectivity index (χ0v) is 14.8. The molecule has 24 heavy (non-hydrogen) atoms. The van der Waals surface area contributed by atoms with Crippen LogP contribution in [-0.4, -0.2) is 52.9 Å². The molecule has 0 spiro atoms. The molecular formula is C19H22N2O2S. The predicted molar refractivity (Wildman–Crippen MR) is 96.5 cm³/mol. The first-order valence-electron chi connectivity index (χ1n) is 8.04. The van der Waals surface area contributed by atoms with E-state index in [0.717, 1.165) is 23.5 Å². The molecule has 0 unspecified atom stereocenters. The molecule has 5 heteroatoms. The number of benzene rings is 2. The summed E-state index contributed by atoms with van der Waals surface area (Å²) in [6.07, 6.45) is 1.64. The van der Waals surface area contributed by atoms with Crippen LogP contribution < -0.4 is 0 Å². The van der Waals surface area contributed by atoms with Crippen molar-refractivity contribution in [3.05, 3.63) is 65.7 Å². The van der Waals surface area contributed by atoms with Crippen LogP contribution in [0, 0.1) is 0 Å². The molecule has 1 aliphatic rings. The molecule has 1 amide bonds. The molecule has 0 N–H and O–H groups in total.